The summed E-state index contributed by atoms with van der Waals surface area (Å²) in [5, 5.41) is 12.0. The first kappa shape index (κ1) is 20.4. The second-order valence-corrected chi connectivity index (χ2v) is 7.98. The topological polar surface area (TPSA) is 81.9 Å². The summed E-state index contributed by atoms with van der Waals surface area (Å²) >= 11 is 13.2. The number of methoxy groups -OCH3 is 1. The van der Waals surface area contributed by atoms with Crippen LogP contribution in [0.1, 0.15) is 6.92 Å². The normalized spacial score (nSPS) is 11.9. The molecule has 1 atom stereocenters. The van der Waals surface area contributed by atoms with Gasteiger partial charge >= 0.3 is 0 Å². The van der Waals surface area contributed by atoms with Gasteiger partial charge in [0.05, 0.1) is 22.4 Å². The van der Waals surface area contributed by atoms with E-state index in [0.29, 0.717) is 16.0 Å². The van der Waals surface area contributed by atoms with Crippen molar-refractivity contribution in [2.75, 3.05) is 12.4 Å². The van der Waals surface area contributed by atoms with E-state index in [1.807, 2.05) is 35.9 Å². The van der Waals surface area contributed by atoms with Crippen molar-refractivity contribution in [2.24, 2.45) is 7.05 Å². The number of anilines is 1. The van der Waals surface area contributed by atoms with Crippen LogP contribution in [0.3, 0.4) is 0 Å². The first-order chi connectivity index (χ1) is 13.4. The molecule has 3 aromatic rings. The number of benzene rings is 1. The molecule has 1 aromatic carbocycles. The molecular weight excluding hydrogens is 421 g/mol. The number of hydrogen-bond donors (Lipinski definition) is 1. The Morgan fingerprint density at radius 1 is 1.25 bits per heavy atom. The number of amides is 1. The quantitative estimate of drug-likeness (QED) is 0.578. The number of halogens is 2. The molecule has 0 spiro atoms. The molecule has 0 bridgehead atoms. The number of carbonyl (C=O) groups is 1. The van der Waals surface area contributed by atoms with Crippen LogP contribution in [0.2, 0.25) is 10.0 Å². The Bertz CT molecular complexity index is 994. The molecule has 1 N–H and O–H groups in total. The van der Waals surface area contributed by atoms with Crippen molar-refractivity contribution in [3.8, 4) is 17.1 Å². The molecule has 0 fully saturated rings. The summed E-state index contributed by atoms with van der Waals surface area (Å²) in [5.41, 5.74) is 0.900. The molecule has 0 aliphatic carbocycles. The molecule has 146 valence electrons. The van der Waals surface area contributed by atoms with Crippen LogP contribution in [0.5, 0.6) is 5.75 Å². The average Bonchev–Trinajstić information content (AvgIpc) is 3.04. The summed E-state index contributed by atoms with van der Waals surface area (Å²) in [7, 11) is 3.47. The molecule has 0 aliphatic heterocycles. The maximum atomic E-state index is 12.5. The highest BCUT2D eigenvalue weighted by Gasteiger charge is 2.20. The monoisotopic (exact) mass is 437 g/mol. The first-order valence-corrected chi connectivity index (χ1v) is 9.85. The highest BCUT2D eigenvalue weighted by atomic mass is 35.5. The lowest BCUT2D eigenvalue weighted by Gasteiger charge is -2.12. The standard InChI is InChI=1S/C18H17Cl2N5O2S/c1-10(17(26)22-15-14(20)8-12(19)9-21-15)28-18-24-23-16(25(18)2)11-4-6-13(27-3)7-5-11/h4-10H,1-3H3,(H,21,22,26). The van der Waals surface area contributed by atoms with Gasteiger partial charge in [-0.3, -0.25) is 4.79 Å². The molecule has 0 aliphatic rings. The van der Waals surface area contributed by atoms with Crippen molar-refractivity contribution in [1.82, 2.24) is 19.7 Å². The van der Waals surface area contributed by atoms with Crippen LogP contribution in [0.4, 0.5) is 5.82 Å². The van der Waals surface area contributed by atoms with Crippen LogP contribution in [0, 0.1) is 0 Å². The zero-order valence-electron chi connectivity index (χ0n) is 15.3. The second-order valence-electron chi connectivity index (χ2n) is 5.83. The molecular formula is C18H17Cl2N5O2S. The van der Waals surface area contributed by atoms with Gasteiger partial charge in [-0.15, -0.1) is 10.2 Å². The lowest BCUT2D eigenvalue weighted by molar-refractivity contribution is -0.115. The summed E-state index contributed by atoms with van der Waals surface area (Å²) in [6, 6.07) is 9.04. The maximum absolute atomic E-state index is 12.5. The van der Waals surface area contributed by atoms with Gasteiger partial charge in [0.25, 0.3) is 0 Å². The zero-order chi connectivity index (χ0) is 20.3. The zero-order valence-corrected chi connectivity index (χ0v) is 17.6. The Kier molecular flexibility index (Phi) is 6.43. The van der Waals surface area contributed by atoms with Crippen LogP contribution in [-0.2, 0) is 11.8 Å². The largest absolute Gasteiger partial charge is 0.497 e. The predicted octanol–water partition coefficient (Wildman–Crippen LogP) is 4.31. The van der Waals surface area contributed by atoms with Crippen LogP contribution >= 0.6 is 35.0 Å². The number of carbonyl (C=O) groups excluding carboxylic acids is 1. The van der Waals surface area contributed by atoms with Crippen LogP contribution in [0.25, 0.3) is 11.4 Å². The minimum atomic E-state index is -0.444. The van der Waals surface area contributed by atoms with Crippen molar-refractivity contribution in [3.05, 3.63) is 46.6 Å². The molecule has 0 saturated carbocycles. The Balaban J connectivity index is 1.70. The highest BCUT2D eigenvalue weighted by molar-refractivity contribution is 8.00. The molecule has 0 radical (unpaired) electrons. The number of thioether (sulfide) groups is 1. The Labute approximate surface area is 176 Å². The number of hydrogen-bond acceptors (Lipinski definition) is 6. The van der Waals surface area contributed by atoms with Gasteiger partial charge in [-0.1, -0.05) is 35.0 Å². The molecule has 7 nitrogen and oxygen atoms in total. The second kappa shape index (κ2) is 8.81. The van der Waals surface area contributed by atoms with E-state index >= 15 is 0 Å². The number of nitrogens with zero attached hydrogens (tertiary/aromatic N) is 4. The number of rotatable bonds is 6. The smallest absolute Gasteiger partial charge is 0.238 e. The van der Waals surface area contributed by atoms with Gasteiger partial charge in [0, 0.05) is 18.8 Å². The summed E-state index contributed by atoms with van der Waals surface area (Å²) < 4.78 is 7.01. The summed E-state index contributed by atoms with van der Waals surface area (Å²) in [6.07, 6.45) is 1.42. The summed E-state index contributed by atoms with van der Waals surface area (Å²) in [5.74, 6) is 1.47. The molecule has 1 unspecified atom stereocenters. The molecule has 3 rings (SSSR count). The predicted molar refractivity (Wildman–Crippen MR) is 111 cm³/mol. The third-order valence-corrected chi connectivity index (χ3v) is 5.51. The maximum Gasteiger partial charge on any atom is 0.238 e. The SMILES string of the molecule is COc1ccc(-c2nnc(SC(C)C(=O)Nc3ncc(Cl)cc3Cl)n2C)cc1. The van der Waals surface area contributed by atoms with Crippen molar-refractivity contribution in [1.29, 1.82) is 0 Å². The van der Waals surface area contributed by atoms with E-state index in [0.717, 1.165) is 11.3 Å². The van der Waals surface area contributed by atoms with Crippen molar-refractivity contribution >= 4 is 46.7 Å². The van der Waals surface area contributed by atoms with Crippen molar-refractivity contribution < 1.29 is 9.53 Å². The fourth-order valence-corrected chi connectivity index (χ4v) is 3.59. The van der Waals surface area contributed by atoms with Crippen molar-refractivity contribution in [2.45, 2.75) is 17.3 Å². The van der Waals surface area contributed by atoms with Gasteiger partial charge in [-0.2, -0.15) is 0 Å². The van der Waals surface area contributed by atoms with Crippen LogP contribution in [0.15, 0.2) is 41.7 Å². The van der Waals surface area contributed by atoms with E-state index in [4.69, 9.17) is 27.9 Å². The highest BCUT2D eigenvalue weighted by Crippen LogP contribution is 2.28. The van der Waals surface area contributed by atoms with Gasteiger partial charge in [-0.05, 0) is 37.3 Å². The number of nitrogens with one attached hydrogen (secondary N) is 1. The Morgan fingerprint density at radius 3 is 2.61 bits per heavy atom. The van der Waals surface area contributed by atoms with Gasteiger partial charge in [-0.25, -0.2) is 4.98 Å². The molecule has 2 heterocycles. The van der Waals surface area contributed by atoms with Gasteiger partial charge in [0.2, 0.25) is 5.91 Å². The molecule has 2 aromatic heterocycles. The molecule has 0 saturated heterocycles. The van der Waals surface area contributed by atoms with Gasteiger partial charge in [0.15, 0.2) is 16.8 Å². The van der Waals surface area contributed by atoms with Crippen LogP contribution in [-0.4, -0.2) is 38.0 Å². The van der Waals surface area contributed by atoms with E-state index in [2.05, 4.69) is 20.5 Å². The van der Waals surface area contributed by atoms with E-state index in [-0.39, 0.29) is 16.7 Å². The van der Waals surface area contributed by atoms with E-state index in [9.17, 15) is 4.79 Å². The van der Waals surface area contributed by atoms with Crippen LogP contribution < -0.4 is 10.1 Å². The summed E-state index contributed by atoms with van der Waals surface area (Å²) in [4.78, 5) is 16.5. The Morgan fingerprint density at radius 2 is 1.96 bits per heavy atom. The summed E-state index contributed by atoms with van der Waals surface area (Å²) in [6.45, 7) is 1.77. The number of ether oxygens (including phenoxy) is 1. The lowest BCUT2D eigenvalue weighted by Crippen LogP contribution is -2.23. The average molecular weight is 438 g/mol. The van der Waals surface area contributed by atoms with E-state index in [1.165, 1.54) is 24.0 Å². The third-order valence-electron chi connectivity index (χ3n) is 3.88. The fraction of sp³-hybridized carbons (Fsp3) is 0.222. The third kappa shape index (κ3) is 4.57. The molecule has 1 amide bonds. The number of aromatic nitrogens is 4. The first-order valence-electron chi connectivity index (χ1n) is 8.21. The minimum Gasteiger partial charge on any atom is -0.497 e. The van der Waals surface area contributed by atoms with E-state index < -0.39 is 5.25 Å². The lowest BCUT2D eigenvalue weighted by atomic mass is 10.2. The van der Waals surface area contributed by atoms with E-state index in [1.54, 1.807) is 14.0 Å². The molecule has 28 heavy (non-hydrogen) atoms. The number of pyridine rings is 1. The fourth-order valence-electron chi connectivity index (χ4n) is 2.35. The van der Waals surface area contributed by atoms with Crippen molar-refractivity contribution in [3.63, 3.8) is 0 Å². The molecule has 10 heteroatoms. The van der Waals surface area contributed by atoms with Gasteiger partial charge in [0.1, 0.15) is 5.75 Å². The Hall–Kier alpha value is -2.29. The van der Waals surface area contributed by atoms with Gasteiger partial charge < -0.3 is 14.6 Å². The minimum absolute atomic E-state index is 0.254.